The third-order valence-corrected chi connectivity index (χ3v) is 5.17. The van der Waals surface area contributed by atoms with Gasteiger partial charge in [0, 0.05) is 13.1 Å². The van der Waals surface area contributed by atoms with E-state index in [0.29, 0.717) is 12.0 Å². The van der Waals surface area contributed by atoms with Gasteiger partial charge in [-0.2, -0.15) is 5.10 Å². The number of aryl methyl sites for hydroxylation is 3. The molecule has 1 N–H and O–H groups in total. The molecule has 0 bridgehead atoms. The Morgan fingerprint density at radius 2 is 2.14 bits per heavy atom. The number of nitrogens with zero attached hydrogens (tertiary/aromatic N) is 2. The molecule has 0 radical (unpaired) electrons. The van der Waals surface area contributed by atoms with Crippen LogP contribution < -0.4 is 5.32 Å². The third-order valence-electron chi connectivity index (χ3n) is 4.67. The van der Waals surface area contributed by atoms with Crippen molar-refractivity contribution in [2.24, 2.45) is 13.0 Å². The van der Waals surface area contributed by atoms with Gasteiger partial charge in [0.15, 0.2) is 0 Å². The molecule has 2 aromatic rings. The number of hydrogen-bond acceptors (Lipinski definition) is 2. The molecule has 1 heterocycles. The summed E-state index contributed by atoms with van der Waals surface area (Å²) in [7, 11) is 4.04. The minimum absolute atomic E-state index is 0.390. The molecule has 112 valence electrons. The molecule has 0 amide bonds. The summed E-state index contributed by atoms with van der Waals surface area (Å²) in [5.74, 6) is 0.553. The van der Waals surface area contributed by atoms with Gasteiger partial charge in [0.2, 0.25) is 0 Å². The fourth-order valence-electron chi connectivity index (χ4n) is 3.59. The zero-order valence-corrected chi connectivity index (χ0v) is 13.6. The summed E-state index contributed by atoms with van der Waals surface area (Å²) in [4.78, 5) is 0. The normalized spacial score (nSPS) is 21.3. The fraction of sp³-hybridized carbons (Fsp3) is 0.471. The molecule has 0 saturated heterocycles. The smallest absolute Gasteiger partial charge is 0.0847 e. The molecule has 1 aromatic heterocycles. The van der Waals surface area contributed by atoms with E-state index in [9.17, 15) is 0 Å². The van der Waals surface area contributed by atoms with E-state index in [1.807, 2.05) is 18.7 Å². The molecule has 1 aromatic carbocycles. The number of halogens is 1. The maximum atomic E-state index is 6.42. The molecule has 0 saturated carbocycles. The van der Waals surface area contributed by atoms with Crippen LogP contribution in [0.2, 0.25) is 5.02 Å². The first-order chi connectivity index (χ1) is 10.1. The minimum Gasteiger partial charge on any atom is -0.313 e. The zero-order chi connectivity index (χ0) is 15.0. The number of benzene rings is 1. The fourth-order valence-corrected chi connectivity index (χ4v) is 3.83. The molecule has 0 fully saturated rings. The van der Waals surface area contributed by atoms with Gasteiger partial charge >= 0.3 is 0 Å². The Labute approximate surface area is 131 Å². The first-order valence-corrected chi connectivity index (χ1v) is 7.92. The maximum absolute atomic E-state index is 6.42. The average molecular weight is 304 g/mol. The van der Waals surface area contributed by atoms with Crippen LogP contribution in [0.1, 0.15) is 35.0 Å². The van der Waals surface area contributed by atoms with Gasteiger partial charge in [0.05, 0.1) is 16.4 Å². The van der Waals surface area contributed by atoms with E-state index in [1.54, 1.807) is 0 Å². The van der Waals surface area contributed by atoms with Gasteiger partial charge in [0.25, 0.3) is 0 Å². The van der Waals surface area contributed by atoms with Crippen LogP contribution in [0, 0.1) is 12.8 Å². The van der Waals surface area contributed by atoms with Crippen LogP contribution in [0.25, 0.3) is 0 Å². The topological polar surface area (TPSA) is 29.9 Å². The second-order valence-electron chi connectivity index (χ2n) is 5.94. The lowest BCUT2D eigenvalue weighted by molar-refractivity contribution is 0.329. The summed E-state index contributed by atoms with van der Waals surface area (Å²) in [5.41, 5.74) is 4.98. The van der Waals surface area contributed by atoms with Crippen LogP contribution in [-0.4, -0.2) is 16.8 Å². The van der Waals surface area contributed by atoms with Crippen molar-refractivity contribution in [3.8, 4) is 0 Å². The lowest BCUT2D eigenvalue weighted by atomic mass is 9.77. The van der Waals surface area contributed by atoms with Crippen molar-refractivity contribution in [2.75, 3.05) is 7.05 Å². The van der Waals surface area contributed by atoms with Crippen LogP contribution in [-0.2, 0) is 19.9 Å². The second kappa shape index (κ2) is 5.82. The molecule has 21 heavy (non-hydrogen) atoms. The Hall–Kier alpha value is -1.32. The monoisotopic (exact) mass is 303 g/mol. The molecule has 0 spiro atoms. The Bertz CT molecular complexity index is 647. The van der Waals surface area contributed by atoms with Gasteiger partial charge in [-0.25, -0.2) is 0 Å². The molecule has 1 aliphatic rings. The van der Waals surface area contributed by atoms with E-state index in [0.717, 1.165) is 29.3 Å². The van der Waals surface area contributed by atoms with Crippen molar-refractivity contribution >= 4 is 11.6 Å². The largest absolute Gasteiger partial charge is 0.313 e. The van der Waals surface area contributed by atoms with Gasteiger partial charge < -0.3 is 5.32 Å². The number of fused-ring (bicyclic) bond motifs is 1. The summed E-state index contributed by atoms with van der Waals surface area (Å²) in [5, 5.41) is 8.76. The number of rotatable bonds is 3. The minimum atomic E-state index is 0.390. The van der Waals surface area contributed by atoms with Crippen LogP contribution >= 0.6 is 11.6 Å². The van der Waals surface area contributed by atoms with Crippen molar-refractivity contribution in [3.63, 3.8) is 0 Å². The van der Waals surface area contributed by atoms with Crippen molar-refractivity contribution in [3.05, 3.63) is 51.8 Å². The molecule has 0 aliphatic heterocycles. The molecule has 2 unspecified atom stereocenters. The Kier molecular flexibility index (Phi) is 4.05. The Balaban J connectivity index is 1.90. The van der Waals surface area contributed by atoms with E-state index in [-0.39, 0.29) is 0 Å². The average Bonchev–Trinajstić information content (AvgIpc) is 2.73. The highest BCUT2D eigenvalue weighted by molar-refractivity contribution is 6.31. The first kappa shape index (κ1) is 14.6. The predicted octanol–water partition coefficient (Wildman–Crippen LogP) is 3.45. The molecule has 4 heteroatoms. The van der Waals surface area contributed by atoms with Crippen LogP contribution in [0.5, 0.6) is 0 Å². The van der Waals surface area contributed by atoms with Crippen molar-refractivity contribution in [1.29, 1.82) is 0 Å². The van der Waals surface area contributed by atoms with Gasteiger partial charge in [0.1, 0.15) is 0 Å². The highest BCUT2D eigenvalue weighted by Crippen LogP contribution is 2.37. The summed E-state index contributed by atoms with van der Waals surface area (Å²) >= 11 is 6.42. The van der Waals surface area contributed by atoms with Gasteiger partial charge in [-0.3, -0.25) is 4.68 Å². The molecule has 3 rings (SSSR count). The van der Waals surface area contributed by atoms with Crippen molar-refractivity contribution in [1.82, 2.24) is 15.1 Å². The number of nitrogens with one attached hydrogen (secondary N) is 1. The predicted molar refractivity (Wildman–Crippen MR) is 86.7 cm³/mol. The highest BCUT2D eigenvalue weighted by Gasteiger charge is 2.29. The molecular weight excluding hydrogens is 282 g/mol. The summed E-state index contributed by atoms with van der Waals surface area (Å²) in [6, 6.07) is 9.15. The van der Waals surface area contributed by atoms with Crippen molar-refractivity contribution < 1.29 is 0 Å². The van der Waals surface area contributed by atoms with Gasteiger partial charge in [-0.05, 0) is 50.3 Å². The van der Waals surface area contributed by atoms with Crippen LogP contribution in [0.4, 0.5) is 0 Å². The zero-order valence-electron chi connectivity index (χ0n) is 12.9. The number of hydrogen-bond donors (Lipinski definition) is 1. The summed E-state index contributed by atoms with van der Waals surface area (Å²) in [6.07, 6.45) is 3.30. The molecular formula is C17H22ClN3. The lowest BCUT2D eigenvalue weighted by Crippen LogP contribution is -2.31. The molecule has 2 atom stereocenters. The lowest BCUT2D eigenvalue weighted by Gasteiger charge is -2.33. The molecule has 1 aliphatic carbocycles. The maximum Gasteiger partial charge on any atom is 0.0847 e. The number of aromatic nitrogens is 2. The van der Waals surface area contributed by atoms with Crippen molar-refractivity contribution in [2.45, 2.75) is 32.2 Å². The van der Waals surface area contributed by atoms with E-state index < -0.39 is 0 Å². The van der Waals surface area contributed by atoms with E-state index in [4.69, 9.17) is 11.6 Å². The Morgan fingerprint density at radius 3 is 2.81 bits per heavy atom. The standard InChI is InChI=1S/C17H22ClN3/c1-11-16(18)15(21(3)20-11)10-13-9-8-12-6-4-5-7-14(12)17(13)19-2/h4-7,13,17,19H,8-10H2,1-3H3. The summed E-state index contributed by atoms with van der Waals surface area (Å²) < 4.78 is 1.94. The van der Waals surface area contributed by atoms with Gasteiger partial charge in [-0.15, -0.1) is 0 Å². The van der Waals surface area contributed by atoms with E-state index >= 15 is 0 Å². The quantitative estimate of drug-likeness (QED) is 0.941. The second-order valence-corrected chi connectivity index (χ2v) is 6.32. The van der Waals surface area contributed by atoms with Gasteiger partial charge in [-0.1, -0.05) is 35.9 Å². The van der Waals surface area contributed by atoms with E-state index in [2.05, 4.69) is 41.7 Å². The van der Waals surface area contributed by atoms with E-state index in [1.165, 1.54) is 17.5 Å². The van der Waals surface area contributed by atoms with Crippen LogP contribution in [0.3, 0.4) is 0 Å². The van der Waals surface area contributed by atoms with Crippen LogP contribution in [0.15, 0.2) is 24.3 Å². The summed E-state index contributed by atoms with van der Waals surface area (Å²) in [6.45, 7) is 1.97. The highest BCUT2D eigenvalue weighted by atomic mass is 35.5. The Morgan fingerprint density at radius 1 is 1.38 bits per heavy atom. The first-order valence-electron chi connectivity index (χ1n) is 7.55. The SMILES string of the molecule is CNC1c2ccccc2CCC1Cc1c(Cl)c(C)nn1C. The molecule has 3 nitrogen and oxygen atoms in total. The third kappa shape index (κ3) is 2.60.